The number of rotatable bonds is 13. The Hall–Kier alpha value is -1.88. The van der Waals surface area contributed by atoms with Gasteiger partial charge in [0.25, 0.3) is 0 Å². The zero-order valence-electron chi connectivity index (χ0n) is 22.2. The van der Waals surface area contributed by atoms with Gasteiger partial charge in [-0.25, -0.2) is 9.18 Å². The molecular formula is C25H41F4N3O4. The number of alkyl halides is 4. The number of hydrogen-bond donors (Lipinski definition) is 0. The van der Waals surface area contributed by atoms with Gasteiger partial charge in [-0.05, 0) is 50.9 Å². The largest absolute Gasteiger partial charge is 0.484 e. The molecule has 1 aromatic heterocycles. The highest BCUT2D eigenvalue weighted by molar-refractivity contribution is 5.04. The van der Waals surface area contributed by atoms with Gasteiger partial charge in [-0.1, -0.05) is 40.7 Å². The summed E-state index contributed by atoms with van der Waals surface area (Å²) in [4.78, 5) is 13.3. The molecule has 0 saturated carbocycles. The van der Waals surface area contributed by atoms with Crippen molar-refractivity contribution in [1.82, 2.24) is 14.3 Å². The first-order valence-electron chi connectivity index (χ1n) is 12.8. The van der Waals surface area contributed by atoms with Crippen LogP contribution in [0.1, 0.15) is 79.1 Å². The molecule has 7 atom stereocenters. The molecule has 0 aliphatic carbocycles. The number of aromatic nitrogens is 3. The lowest BCUT2D eigenvalue weighted by atomic mass is 9.79. The molecule has 2 unspecified atom stereocenters. The van der Waals surface area contributed by atoms with Crippen molar-refractivity contribution in [2.45, 2.75) is 111 Å². The minimum Gasteiger partial charge on any atom is -0.484 e. The van der Waals surface area contributed by atoms with E-state index in [4.69, 9.17) is 14.2 Å². The van der Waals surface area contributed by atoms with Crippen molar-refractivity contribution in [2.24, 2.45) is 17.8 Å². The van der Waals surface area contributed by atoms with E-state index in [9.17, 15) is 18.0 Å². The minimum atomic E-state index is -4.68. The Labute approximate surface area is 210 Å². The molecule has 2 heterocycles. The standard InChI is InChI=1S/C25H41F4N3O4/c1-8-15(3)16(4)17(5)22(26)23(18(6)36-19(7)25(27,28)29)32-24(33)31(9-2)20(30-32)14-35-21-12-10-11-13-34-21/h15-17,19,21-23H,6,8-14H2,1-5,7H3/t15-,16+,17-,19-,21?,22-,23?/m0/s1. The predicted octanol–water partition coefficient (Wildman–Crippen LogP) is 5.79. The van der Waals surface area contributed by atoms with Crippen molar-refractivity contribution in [1.29, 1.82) is 0 Å². The highest BCUT2D eigenvalue weighted by Crippen LogP contribution is 2.36. The van der Waals surface area contributed by atoms with Gasteiger partial charge in [-0.3, -0.25) is 4.57 Å². The number of nitrogens with zero attached hydrogens (tertiary/aromatic N) is 3. The predicted molar refractivity (Wildman–Crippen MR) is 128 cm³/mol. The molecule has 1 saturated heterocycles. The molecule has 0 radical (unpaired) electrons. The van der Waals surface area contributed by atoms with E-state index in [1.165, 1.54) is 4.57 Å². The average Bonchev–Trinajstić information content (AvgIpc) is 3.15. The van der Waals surface area contributed by atoms with Crippen LogP contribution in [0.4, 0.5) is 17.6 Å². The van der Waals surface area contributed by atoms with Gasteiger partial charge in [0.05, 0.1) is 0 Å². The van der Waals surface area contributed by atoms with Gasteiger partial charge >= 0.3 is 11.9 Å². The zero-order valence-corrected chi connectivity index (χ0v) is 22.2. The Kier molecular flexibility index (Phi) is 11.0. The minimum absolute atomic E-state index is 0.0600. The summed E-state index contributed by atoms with van der Waals surface area (Å²) in [5.74, 6) is -0.836. The number of halogens is 4. The molecule has 1 fully saturated rings. The summed E-state index contributed by atoms with van der Waals surface area (Å²) in [6, 6.07) is -1.54. The summed E-state index contributed by atoms with van der Waals surface area (Å²) in [5, 5.41) is 4.31. The molecule has 0 spiro atoms. The summed E-state index contributed by atoms with van der Waals surface area (Å²) in [7, 11) is 0. The molecular weight excluding hydrogens is 482 g/mol. The van der Waals surface area contributed by atoms with E-state index in [1.54, 1.807) is 13.8 Å². The Morgan fingerprint density at radius 2 is 1.86 bits per heavy atom. The van der Waals surface area contributed by atoms with E-state index in [0.29, 0.717) is 13.0 Å². The molecule has 0 N–H and O–H groups in total. The van der Waals surface area contributed by atoms with Crippen molar-refractivity contribution in [3.8, 4) is 0 Å². The van der Waals surface area contributed by atoms with Crippen LogP contribution in [-0.2, 0) is 27.4 Å². The first-order chi connectivity index (χ1) is 16.8. The van der Waals surface area contributed by atoms with Crippen LogP contribution in [0, 0.1) is 17.8 Å². The third-order valence-corrected chi connectivity index (χ3v) is 7.37. The lowest BCUT2D eigenvalue weighted by Gasteiger charge is -2.33. The van der Waals surface area contributed by atoms with E-state index in [2.05, 4.69) is 11.7 Å². The van der Waals surface area contributed by atoms with Crippen LogP contribution in [0.15, 0.2) is 17.1 Å². The van der Waals surface area contributed by atoms with Crippen molar-refractivity contribution in [3.05, 3.63) is 28.6 Å². The fourth-order valence-electron chi connectivity index (χ4n) is 4.35. The van der Waals surface area contributed by atoms with Crippen molar-refractivity contribution >= 4 is 0 Å². The average molecular weight is 524 g/mol. The molecule has 1 aromatic rings. The Morgan fingerprint density at radius 3 is 2.39 bits per heavy atom. The number of hydrogen-bond acceptors (Lipinski definition) is 5. The van der Waals surface area contributed by atoms with Gasteiger partial charge in [0.2, 0.25) is 0 Å². The topological polar surface area (TPSA) is 67.5 Å². The first-order valence-corrected chi connectivity index (χ1v) is 12.8. The van der Waals surface area contributed by atoms with Crippen LogP contribution in [0.3, 0.4) is 0 Å². The van der Waals surface area contributed by atoms with Gasteiger partial charge in [0.1, 0.15) is 24.6 Å². The maximum Gasteiger partial charge on any atom is 0.425 e. The summed E-state index contributed by atoms with van der Waals surface area (Å²) >= 11 is 0. The van der Waals surface area contributed by atoms with E-state index < -0.39 is 48.2 Å². The molecule has 2 rings (SSSR count). The van der Waals surface area contributed by atoms with Crippen LogP contribution in [0.5, 0.6) is 0 Å². The summed E-state index contributed by atoms with van der Waals surface area (Å²) in [5.41, 5.74) is -0.666. The van der Waals surface area contributed by atoms with Crippen molar-refractivity contribution in [2.75, 3.05) is 6.61 Å². The summed E-state index contributed by atoms with van der Waals surface area (Å²) < 4.78 is 74.3. The van der Waals surface area contributed by atoms with E-state index in [-0.39, 0.29) is 30.8 Å². The van der Waals surface area contributed by atoms with Crippen LogP contribution < -0.4 is 5.69 Å². The van der Waals surface area contributed by atoms with Gasteiger partial charge in [0.15, 0.2) is 18.2 Å². The Bertz CT molecular complexity index is 895. The molecule has 0 aromatic carbocycles. The molecule has 7 nitrogen and oxygen atoms in total. The summed E-state index contributed by atoms with van der Waals surface area (Å²) in [6.45, 7) is 14.4. The molecule has 0 amide bonds. The highest BCUT2D eigenvalue weighted by Gasteiger charge is 2.42. The SMILES string of the molecule is C=C(O[C@@H](C)C(F)(F)F)C([C@@H](F)[C@@H](C)[C@H](C)[C@@H](C)CC)n1nc(COC2CCCCO2)n(CC)c1=O. The highest BCUT2D eigenvalue weighted by atomic mass is 19.4. The fourth-order valence-corrected chi connectivity index (χ4v) is 4.35. The molecule has 0 bridgehead atoms. The van der Waals surface area contributed by atoms with Gasteiger partial charge in [0, 0.05) is 13.2 Å². The van der Waals surface area contributed by atoms with E-state index >= 15 is 4.39 Å². The molecule has 208 valence electrons. The lowest BCUT2D eigenvalue weighted by Crippen LogP contribution is -2.40. The lowest BCUT2D eigenvalue weighted by molar-refractivity contribution is -0.206. The second kappa shape index (κ2) is 13.1. The van der Waals surface area contributed by atoms with Crippen molar-refractivity contribution in [3.63, 3.8) is 0 Å². The zero-order chi connectivity index (χ0) is 27.2. The number of ether oxygens (including phenoxy) is 3. The van der Waals surface area contributed by atoms with Gasteiger partial charge < -0.3 is 14.2 Å². The Balaban J connectivity index is 2.43. The first kappa shape index (κ1) is 30.3. The van der Waals surface area contributed by atoms with E-state index in [0.717, 1.165) is 30.9 Å². The second-order valence-corrected chi connectivity index (χ2v) is 9.76. The van der Waals surface area contributed by atoms with Gasteiger partial charge in [-0.2, -0.15) is 23.0 Å². The van der Waals surface area contributed by atoms with Crippen molar-refractivity contribution < 1.29 is 31.8 Å². The maximum absolute atomic E-state index is 16.1. The van der Waals surface area contributed by atoms with Crippen LogP contribution >= 0.6 is 0 Å². The quantitative estimate of drug-likeness (QED) is 0.242. The smallest absolute Gasteiger partial charge is 0.425 e. The van der Waals surface area contributed by atoms with Gasteiger partial charge in [-0.15, -0.1) is 0 Å². The third-order valence-electron chi connectivity index (χ3n) is 7.37. The van der Waals surface area contributed by atoms with Crippen LogP contribution in [0.25, 0.3) is 0 Å². The number of allylic oxidation sites excluding steroid dienone is 1. The van der Waals surface area contributed by atoms with E-state index in [1.807, 2.05) is 20.8 Å². The third kappa shape index (κ3) is 7.34. The normalized spacial score (nSPS) is 21.9. The monoisotopic (exact) mass is 523 g/mol. The van der Waals surface area contributed by atoms with Crippen LogP contribution in [0.2, 0.25) is 0 Å². The molecule has 1 aliphatic heterocycles. The Morgan fingerprint density at radius 1 is 1.19 bits per heavy atom. The molecule has 36 heavy (non-hydrogen) atoms. The molecule has 11 heteroatoms. The fraction of sp³-hybridized carbons (Fsp3) is 0.840. The summed E-state index contributed by atoms with van der Waals surface area (Å²) in [6.07, 6.45) is -5.70. The molecule has 1 aliphatic rings. The maximum atomic E-state index is 16.1. The van der Waals surface area contributed by atoms with Crippen LogP contribution in [-0.4, -0.2) is 45.7 Å². The second-order valence-electron chi connectivity index (χ2n) is 9.76.